The van der Waals surface area contributed by atoms with Gasteiger partial charge in [0.1, 0.15) is 11.5 Å². The number of aromatic hydroxyl groups is 1. The number of halogens is 2. The Morgan fingerprint density at radius 2 is 1.84 bits per heavy atom. The highest BCUT2D eigenvalue weighted by Gasteiger charge is 2.03. The van der Waals surface area contributed by atoms with Crippen molar-refractivity contribution in [2.75, 3.05) is 5.32 Å². The summed E-state index contributed by atoms with van der Waals surface area (Å²) in [4.78, 5) is 0. The van der Waals surface area contributed by atoms with Gasteiger partial charge in [-0.3, -0.25) is 0 Å². The molecule has 100 valence electrons. The highest BCUT2D eigenvalue weighted by atomic mass is 19.3. The average Bonchev–Trinajstić information content (AvgIpc) is 2.37. The first-order valence-corrected chi connectivity index (χ1v) is 5.70. The van der Waals surface area contributed by atoms with Crippen LogP contribution in [-0.2, 0) is 6.54 Å². The summed E-state index contributed by atoms with van der Waals surface area (Å²) < 4.78 is 28.2. The molecule has 0 bridgehead atoms. The van der Waals surface area contributed by atoms with Gasteiger partial charge in [-0.1, -0.05) is 12.1 Å². The minimum Gasteiger partial charge on any atom is -0.508 e. The third-order valence-electron chi connectivity index (χ3n) is 2.49. The molecule has 0 aliphatic carbocycles. The van der Waals surface area contributed by atoms with Crippen molar-refractivity contribution in [1.82, 2.24) is 0 Å². The molecule has 19 heavy (non-hydrogen) atoms. The van der Waals surface area contributed by atoms with Gasteiger partial charge in [-0.25, -0.2) is 0 Å². The zero-order valence-electron chi connectivity index (χ0n) is 10.0. The van der Waals surface area contributed by atoms with E-state index in [1.807, 2.05) is 6.07 Å². The molecule has 0 aliphatic rings. The second kappa shape index (κ2) is 6.04. The lowest BCUT2D eigenvalue weighted by molar-refractivity contribution is -0.0498. The number of phenolic OH excluding ortho intramolecular Hbond substituents is 1. The molecule has 0 saturated heterocycles. The molecule has 0 atom stereocenters. The summed E-state index contributed by atoms with van der Waals surface area (Å²) >= 11 is 0. The number of phenols is 1. The third kappa shape index (κ3) is 4.13. The number of benzene rings is 2. The molecule has 2 rings (SSSR count). The lowest BCUT2D eigenvalue weighted by atomic mass is 10.2. The van der Waals surface area contributed by atoms with Gasteiger partial charge in [0.05, 0.1) is 0 Å². The Bertz CT molecular complexity index is 529. The van der Waals surface area contributed by atoms with Crippen molar-refractivity contribution >= 4 is 5.69 Å². The number of ether oxygens (including phenoxy) is 1. The smallest absolute Gasteiger partial charge is 0.387 e. The number of hydrogen-bond donors (Lipinski definition) is 2. The maximum atomic E-state index is 12.0. The van der Waals surface area contributed by atoms with E-state index in [9.17, 15) is 13.9 Å². The van der Waals surface area contributed by atoms with E-state index in [1.165, 1.54) is 12.1 Å². The summed E-state index contributed by atoms with van der Waals surface area (Å²) in [6.07, 6.45) is 0. The molecule has 2 aromatic rings. The van der Waals surface area contributed by atoms with Crippen LogP contribution in [0.1, 0.15) is 5.56 Å². The predicted octanol–water partition coefficient (Wildman–Crippen LogP) is 3.61. The quantitative estimate of drug-likeness (QED) is 0.867. The van der Waals surface area contributed by atoms with Crippen LogP contribution in [0.25, 0.3) is 0 Å². The van der Waals surface area contributed by atoms with Crippen molar-refractivity contribution in [3.8, 4) is 11.5 Å². The van der Waals surface area contributed by atoms with Crippen LogP contribution in [0.2, 0.25) is 0 Å². The summed E-state index contributed by atoms with van der Waals surface area (Å²) in [5.41, 5.74) is 1.71. The zero-order chi connectivity index (χ0) is 13.7. The topological polar surface area (TPSA) is 41.5 Å². The van der Waals surface area contributed by atoms with Gasteiger partial charge in [-0.05, 0) is 42.0 Å². The SMILES string of the molecule is Oc1cccc(CNc2ccc(OC(F)F)cc2)c1. The molecule has 0 radical (unpaired) electrons. The molecule has 0 aliphatic heterocycles. The van der Waals surface area contributed by atoms with E-state index < -0.39 is 6.61 Å². The highest BCUT2D eigenvalue weighted by molar-refractivity contribution is 5.47. The van der Waals surface area contributed by atoms with Gasteiger partial charge >= 0.3 is 6.61 Å². The van der Waals surface area contributed by atoms with Gasteiger partial charge in [0.2, 0.25) is 0 Å². The van der Waals surface area contributed by atoms with Crippen molar-refractivity contribution in [2.45, 2.75) is 13.2 Å². The number of anilines is 1. The zero-order valence-corrected chi connectivity index (χ0v) is 10.0. The fourth-order valence-electron chi connectivity index (χ4n) is 1.62. The molecule has 0 fully saturated rings. The van der Waals surface area contributed by atoms with Crippen LogP contribution in [0, 0.1) is 0 Å². The molecule has 2 N–H and O–H groups in total. The Balaban J connectivity index is 1.93. The number of rotatable bonds is 5. The minimum atomic E-state index is -2.81. The van der Waals surface area contributed by atoms with E-state index in [0.29, 0.717) is 6.54 Å². The molecule has 0 aromatic heterocycles. The van der Waals surface area contributed by atoms with Crippen LogP contribution < -0.4 is 10.1 Å². The lowest BCUT2D eigenvalue weighted by Crippen LogP contribution is -2.02. The van der Waals surface area contributed by atoms with Gasteiger partial charge in [0, 0.05) is 12.2 Å². The summed E-state index contributed by atoms with van der Waals surface area (Å²) in [6, 6.07) is 13.1. The molecular weight excluding hydrogens is 252 g/mol. The fourth-order valence-corrected chi connectivity index (χ4v) is 1.62. The van der Waals surface area contributed by atoms with Gasteiger partial charge in [0.15, 0.2) is 0 Å². The lowest BCUT2D eigenvalue weighted by Gasteiger charge is -2.08. The molecular formula is C14H13F2NO2. The molecule has 0 spiro atoms. The van der Waals surface area contributed by atoms with Crippen molar-refractivity contribution in [3.05, 3.63) is 54.1 Å². The van der Waals surface area contributed by atoms with E-state index in [1.54, 1.807) is 30.3 Å². The first-order valence-electron chi connectivity index (χ1n) is 5.70. The molecule has 0 amide bonds. The second-order valence-electron chi connectivity index (χ2n) is 3.93. The Kier molecular flexibility index (Phi) is 4.18. The van der Waals surface area contributed by atoms with E-state index in [0.717, 1.165) is 11.3 Å². The van der Waals surface area contributed by atoms with Crippen LogP contribution in [0.15, 0.2) is 48.5 Å². The molecule has 0 heterocycles. The maximum absolute atomic E-state index is 12.0. The number of nitrogens with one attached hydrogen (secondary N) is 1. The van der Waals surface area contributed by atoms with E-state index in [4.69, 9.17) is 0 Å². The standard InChI is InChI=1S/C14H13F2NO2/c15-14(16)19-13-6-4-11(5-7-13)17-9-10-2-1-3-12(18)8-10/h1-8,14,17-18H,9H2. The van der Waals surface area contributed by atoms with Crippen molar-refractivity contribution < 1.29 is 18.6 Å². The monoisotopic (exact) mass is 265 g/mol. The second-order valence-corrected chi connectivity index (χ2v) is 3.93. The van der Waals surface area contributed by atoms with Crippen LogP contribution >= 0.6 is 0 Å². The molecule has 2 aromatic carbocycles. The average molecular weight is 265 g/mol. The van der Waals surface area contributed by atoms with Gasteiger partial charge in [0.25, 0.3) is 0 Å². The van der Waals surface area contributed by atoms with E-state index >= 15 is 0 Å². The first-order chi connectivity index (χ1) is 9.13. The van der Waals surface area contributed by atoms with E-state index in [2.05, 4.69) is 10.1 Å². The number of alkyl halides is 2. The summed E-state index contributed by atoms with van der Waals surface area (Å²) in [5.74, 6) is 0.331. The largest absolute Gasteiger partial charge is 0.508 e. The normalized spacial score (nSPS) is 10.5. The summed E-state index contributed by atoms with van der Waals surface area (Å²) in [7, 11) is 0. The van der Waals surface area contributed by atoms with Crippen LogP contribution in [0.3, 0.4) is 0 Å². The minimum absolute atomic E-state index is 0.123. The molecule has 5 heteroatoms. The Morgan fingerprint density at radius 3 is 2.47 bits per heavy atom. The van der Waals surface area contributed by atoms with Crippen molar-refractivity contribution in [1.29, 1.82) is 0 Å². The molecule has 0 saturated carbocycles. The predicted molar refractivity (Wildman–Crippen MR) is 68.5 cm³/mol. The maximum Gasteiger partial charge on any atom is 0.387 e. The van der Waals surface area contributed by atoms with Gasteiger partial charge < -0.3 is 15.2 Å². The fraction of sp³-hybridized carbons (Fsp3) is 0.143. The van der Waals surface area contributed by atoms with Crippen LogP contribution in [0.5, 0.6) is 11.5 Å². The first kappa shape index (κ1) is 13.1. The van der Waals surface area contributed by atoms with E-state index in [-0.39, 0.29) is 11.5 Å². The summed E-state index contributed by atoms with van der Waals surface area (Å²) in [6.45, 7) is -2.28. The van der Waals surface area contributed by atoms with Crippen LogP contribution in [-0.4, -0.2) is 11.7 Å². The summed E-state index contributed by atoms with van der Waals surface area (Å²) in [5, 5.41) is 12.4. The van der Waals surface area contributed by atoms with Crippen molar-refractivity contribution in [3.63, 3.8) is 0 Å². The van der Waals surface area contributed by atoms with Crippen molar-refractivity contribution in [2.24, 2.45) is 0 Å². The van der Waals surface area contributed by atoms with Crippen LogP contribution in [0.4, 0.5) is 14.5 Å². The molecule has 0 unspecified atom stereocenters. The highest BCUT2D eigenvalue weighted by Crippen LogP contribution is 2.19. The third-order valence-corrected chi connectivity index (χ3v) is 2.49. The number of hydrogen-bond acceptors (Lipinski definition) is 3. The van der Waals surface area contributed by atoms with Gasteiger partial charge in [-0.2, -0.15) is 8.78 Å². The molecule has 3 nitrogen and oxygen atoms in total. The Hall–Kier alpha value is -2.30. The Morgan fingerprint density at radius 1 is 1.11 bits per heavy atom. The van der Waals surface area contributed by atoms with Gasteiger partial charge in [-0.15, -0.1) is 0 Å². The Labute approximate surface area is 109 Å².